The molecule has 2 aromatic carbocycles. The Balaban J connectivity index is 1.96. The average molecular weight is 452 g/mol. The molecule has 32 heavy (non-hydrogen) atoms. The highest BCUT2D eigenvalue weighted by atomic mass is 19.2. The van der Waals surface area contributed by atoms with Crippen LogP contribution in [0.4, 0.5) is 22.0 Å². The second-order valence-electron chi connectivity index (χ2n) is 8.36. The third-order valence-corrected chi connectivity index (χ3v) is 6.29. The van der Waals surface area contributed by atoms with Gasteiger partial charge in [0.25, 0.3) is 0 Å². The lowest BCUT2D eigenvalue weighted by Crippen LogP contribution is -2.16. The lowest BCUT2D eigenvalue weighted by atomic mass is 9.75. The molecule has 3 rings (SSSR count). The van der Waals surface area contributed by atoms with Gasteiger partial charge in [-0.15, -0.1) is 6.58 Å². The van der Waals surface area contributed by atoms with Crippen molar-refractivity contribution in [2.75, 3.05) is 0 Å². The summed E-state index contributed by atoms with van der Waals surface area (Å²) in [5.74, 6) is -9.10. The van der Waals surface area contributed by atoms with Gasteiger partial charge < -0.3 is 5.11 Å². The summed E-state index contributed by atoms with van der Waals surface area (Å²) in [4.78, 5) is 11.4. The van der Waals surface area contributed by atoms with Crippen molar-refractivity contribution in [1.29, 1.82) is 0 Å². The minimum atomic E-state index is -1.83. The lowest BCUT2D eigenvalue weighted by Gasteiger charge is -2.30. The van der Waals surface area contributed by atoms with Crippen LogP contribution in [0, 0.1) is 35.0 Å². The van der Waals surface area contributed by atoms with Crippen LogP contribution in [-0.4, -0.2) is 11.1 Å². The average Bonchev–Trinajstić information content (AvgIpc) is 2.74. The van der Waals surface area contributed by atoms with Crippen molar-refractivity contribution in [3.63, 3.8) is 0 Å². The molecule has 1 aliphatic carbocycles. The first-order valence-corrected chi connectivity index (χ1v) is 10.8. The zero-order chi connectivity index (χ0) is 23.4. The predicted molar refractivity (Wildman–Crippen MR) is 112 cm³/mol. The highest BCUT2D eigenvalue weighted by molar-refractivity contribution is 5.91. The molecule has 1 fully saturated rings. The smallest absolute Gasteiger partial charge is 0.341 e. The van der Waals surface area contributed by atoms with Crippen LogP contribution in [-0.2, 0) is 0 Å². The van der Waals surface area contributed by atoms with Gasteiger partial charge in [0, 0.05) is 5.56 Å². The molecule has 1 saturated carbocycles. The number of hydrogen-bond donors (Lipinski definition) is 1. The summed E-state index contributed by atoms with van der Waals surface area (Å²) in [6, 6.07) is 2.15. The Hall–Kier alpha value is -2.70. The van der Waals surface area contributed by atoms with Gasteiger partial charge >= 0.3 is 5.97 Å². The van der Waals surface area contributed by atoms with Crippen LogP contribution >= 0.6 is 0 Å². The van der Waals surface area contributed by atoms with Gasteiger partial charge in [0.1, 0.15) is 17.2 Å². The molecule has 0 heterocycles. The molecule has 0 aromatic heterocycles. The third kappa shape index (κ3) is 5.03. The van der Waals surface area contributed by atoms with E-state index >= 15 is 4.39 Å². The predicted octanol–water partition coefficient (Wildman–Crippen LogP) is 7.77. The molecule has 2 nitrogen and oxygen atoms in total. The Morgan fingerprint density at radius 2 is 1.56 bits per heavy atom. The summed E-state index contributed by atoms with van der Waals surface area (Å²) < 4.78 is 70.9. The summed E-state index contributed by atoms with van der Waals surface area (Å²) in [5, 5.41) is 9.23. The molecule has 2 aromatic rings. The van der Waals surface area contributed by atoms with E-state index in [1.54, 1.807) is 0 Å². The Morgan fingerprint density at radius 3 is 2.12 bits per heavy atom. The zero-order valence-electron chi connectivity index (χ0n) is 17.6. The molecule has 0 spiro atoms. The van der Waals surface area contributed by atoms with Crippen LogP contribution in [0.1, 0.15) is 73.2 Å². The fraction of sp³-hybridized carbons (Fsp3) is 0.400. The number of benzene rings is 2. The lowest BCUT2D eigenvalue weighted by molar-refractivity contribution is 0.0686. The topological polar surface area (TPSA) is 37.3 Å². The summed E-state index contributed by atoms with van der Waals surface area (Å²) in [7, 11) is 0. The maximum atomic E-state index is 15.2. The maximum absolute atomic E-state index is 15.2. The van der Waals surface area contributed by atoms with Crippen molar-refractivity contribution in [3.05, 3.63) is 71.1 Å². The summed E-state index contributed by atoms with van der Waals surface area (Å²) in [5.41, 5.74) is -1.80. The molecule has 0 unspecified atom stereocenters. The first-order chi connectivity index (χ1) is 15.2. The summed E-state index contributed by atoms with van der Waals surface area (Å²) >= 11 is 0. The van der Waals surface area contributed by atoms with Gasteiger partial charge in [-0.3, -0.25) is 0 Å². The van der Waals surface area contributed by atoms with Crippen molar-refractivity contribution >= 4 is 5.97 Å². The van der Waals surface area contributed by atoms with Gasteiger partial charge in [-0.05, 0) is 79.7 Å². The summed E-state index contributed by atoms with van der Waals surface area (Å²) in [6.07, 6.45) is 8.87. The second kappa shape index (κ2) is 10.3. The highest BCUT2D eigenvalue weighted by Crippen LogP contribution is 2.43. The maximum Gasteiger partial charge on any atom is 0.341 e. The molecule has 0 saturated heterocycles. The van der Waals surface area contributed by atoms with Crippen molar-refractivity contribution in [2.24, 2.45) is 5.92 Å². The quantitative estimate of drug-likeness (QED) is 0.192. The van der Waals surface area contributed by atoms with Crippen LogP contribution in [0.5, 0.6) is 0 Å². The first kappa shape index (κ1) is 24.0. The minimum Gasteiger partial charge on any atom is -0.477 e. The molecular weight excluding hydrogens is 427 g/mol. The molecular formula is C25H25F5O2. The van der Waals surface area contributed by atoms with E-state index in [2.05, 4.69) is 6.58 Å². The van der Waals surface area contributed by atoms with Crippen molar-refractivity contribution in [3.8, 4) is 11.1 Å². The minimum absolute atomic E-state index is 0.153. The number of unbranched alkanes of at least 4 members (excludes halogenated alkanes) is 2. The van der Waals surface area contributed by atoms with E-state index in [0.29, 0.717) is 30.9 Å². The van der Waals surface area contributed by atoms with E-state index in [4.69, 9.17) is 0 Å². The Bertz CT molecular complexity index is 987. The number of carbonyl (C=O) groups is 1. The Labute approximate surface area is 183 Å². The van der Waals surface area contributed by atoms with Crippen LogP contribution in [0.2, 0.25) is 0 Å². The number of hydrogen-bond acceptors (Lipinski definition) is 1. The van der Waals surface area contributed by atoms with Crippen molar-refractivity contribution in [2.45, 2.75) is 57.3 Å². The molecule has 0 atom stereocenters. The molecule has 0 amide bonds. The highest BCUT2D eigenvalue weighted by Gasteiger charge is 2.31. The molecule has 1 aliphatic rings. The molecule has 0 radical (unpaired) electrons. The van der Waals surface area contributed by atoms with Crippen LogP contribution in [0.3, 0.4) is 0 Å². The van der Waals surface area contributed by atoms with E-state index in [0.717, 1.165) is 44.6 Å². The second-order valence-corrected chi connectivity index (χ2v) is 8.36. The molecule has 1 N–H and O–H groups in total. The standard InChI is InChI=1S/C25H25F5O2/c1-2-3-4-5-6-14-7-9-15(10-8-14)17-13-18(26)22(25(31)32)24(30)21(17)16-11-19(27)23(29)20(28)12-16/h2,11-15H,1,3-10H2,(H,31,32). The van der Waals surface area contributed by atoms with Gasteiger partial charge in [0.2, 0.25) is 0 Å². The van der Waals surface area contributed by atoms with Gasteiger partial charge in [0.15, 0.2) is 17.5 Å². The van der Waals surface area contributed by atoms with Gasteiger partial charge in [-0.1, -0.05) is 18.9 Å². The number of halogens is 5. The van der Waals surface area contributed by atoms with Gasteiger partial charge in [0.05, 0.1) is 0 Å². The van der Waals surface area contributed by atoms with Gasteiger partial charge in [-0.25, -0.2) is 26.7 Å². The van der Waals surface area contributed by atoms with Crippen molar-refractivity contribution in [1.82, 2.24) is 0 Å². The monoisotopic (exact) mass is 452 g/mol. The fourth-order valence-electron chi connectivity index (χ4n) is 4.63. The van der Waals surface area contributed by atoms with E-state index in [9.17, 15) is 27.5 Å². The number of carboxylic acid groups (broad SMARTS) is 1. The number of allylic oxidation sites excluding steroid dienone is 1. The number of aromatic carboxylic acids is 1. The van der Waals surface area contributed by atoms with Crippen LogP contribution in [0.25, 0.3) is 11.1 Å². The fourth-order valence-corrected chi connectivity index (χ4v) is 4.63. The van der Waals surface area contributed by atoms with E-state index < -0.39 is 46.2 Å². The molecule has 0 aliphatic heterocycles. The largest absolute Gasteiger partial charge is 0.477 e. The zero-order valence-corrected chi connectivity index (χ0v) is 17.6. The van der Waals surface area contributed by atoms with E-state index in [1.165, 1.54) is 0 Å². The first-order valence-electron chi connectivity index (χ1n) is 10.8. The third-order valence-electron chi connectivity index (χ3n) is 6.29. The van der Waals surface area contributed by atoms with Gasteiger partial charge in [-0.2, -0.15) is 0 Å². The van der Waals surface area contributed by atoms with E-state index in [1.807, 2.05) is 6.08 Å². The summed E-state index contributed by atoms with van der Waals surface area (Å²) in [6.45, 7) is 3.70. The molecule has 0 bridgehead atoms. The molecule has 172 valence electrons. The van der Waals surface area contributed by atoms with E-state index in [-0.39, 0.29) is 17.0 Å². The number of rotatable bonds is 8. The van der Waals surface area contributed by atoms with Crippen LogP contribution in [0.15, 0.2) is 30.9 Å². The van der Waals surface area contributed by atoms with Crippen LogP contribution < -0.4 is 0 Å². The number of carboxylic acids is 1. The molecule has 7 heteroatoms. The Kier molecular flexibility index (Phi) is 7.69. The SMILES string of the molecule is C=CCCCCC1CCC(c2cc(F)c(C(=O)O)c(F)c2-c2cc(F)c(F)c(F)c2)CC1. The van der Waals surface area contributed by atoms with Crippen molar-refractivity contribution < 1.29 is 31.9 Å². The normalized spacial score (nSPS) is 18.5. The Morgan fingerprint density at radius 1 is 0.938 bits per heavy atom.